The van der Waals surface area contributed by atoms with Gasteiger partial charge in [0.1, 0.15) is 11.5 Å². The van der Waals surface area contributed by atoms with E-state index in [2.05, 4.69) is 31.8 Å². The Hall–Kier alpha value is -2.02. The Bertz CT molecular complexity index is 922. The summed E-state index contributed by atoms with van der Waals surface area (Å²) >= 11 is 0. The van der Waals surface area contributed by atoms with Crippen LogP contribution < -0.4 is 4.74 Å². The number of carbonyl (C=O) groups is 1. The highest BCUT2D eigenvalue weighted by atomic mass is 16.6. The third kappa shape index (κ3) is 8.82. The molecule has 0 spiro atoms. The topological polar surface area (TPSA) is 88.9 Å². The number of pyridine rings is 1. The molecule has 0 saturated carbocycles. The van der Waals surface area contributed by atoms with Gasteiger partial charge in [0.25, 0.3) is 0 Å². The lowest BCUT2D eigenvalue weighted by molar-refractivity contribution is -0.159. The van der Waals surface area contributed by atoms with Crippen molar-refractivity contribution in [2.75, 3.05) is 7.11 Å². The van der Waals surface area contributed by atoms with E-state index in [0.717, 1.165) is 30.5 Å². The molecule has 6 heteroatoms. The highest BCUT2D eigenvalue weighted by Gasteiger charge is 2.39. The average molecular weight is 502 g/mol. The number of hydrogen-bond donors (Lipinski definition) is 2. The first-order chi connectivity index (χ1) is 16.8. The summed E-state index contributed by atoms with van der Waals surface area (Å²) in [4.78, 5) is 17.7. The van der Waals surface area contributed by atoms with E-state index in [1.54, 1.807) is 33.2 Å². The normalized spacial score (nSPS) is 33.0. The second-order valence-electron chi connectivity index (χ2n) is 11.5. The zero-order valence-electron chi connectivity index (χ0n) is 23.5. The van der Waals surface area contributed by atoms with E-state index in [-0.39, 0.29) is 18.1 Å². The van der Waals surface area contributed by atoms with Gasteiger partial charge >= 0.3 is 0 Å². The fourth-order valence-electron chi connectivity index (χ4n) is 5.36. The lowest BCUT2D eigenvalue weighted by atomic mass is 9.73. The molecule has 0 aliphatic carbocycles. The van der Waals surface area contributed by atoms with Crippen LogP contribution in [0.4, 0.5) is 0 Å². The van der Waals surface area contributed by atoms with E-state index in [4.69, 9.17) is 9.47 Å². The molecule has 2 unspecified atom stereocenters. The van der Waals surface area contributed by atoms with Crippen molar-refractivity contribution in [1.29, 1.82) is 0 Å². The minimum Gasteiger partial charge on any atom is -0.497 e. The van der Waals surface area contributed by atoms with Crippen molar-refractivity contribution in [2.24, 2.45) is 23.2 Å². The van der Waals surface area contributed by atoms with Gasteiger partial charge in [-0.1, -0.05) is 46.3 Å². The number of methoxy groups -OCH3 is 1. The van der Waals surface area contributed by atoms with Crippen LogP contribution in [0.5, 0.6) is 5.75 Å². The molecule has 202 valence electrons. The van der Waals surface area contributed by atoms with Crippen molar-refractivity contribution in [3.05, 3.63) is 41.2 Å². The molecule has 1 aromatic rings. The first kappa shape index (κ1) is 30.2. The first-order valence-corrected chi connectivity index (χ1v) is 13.2. The van der Waals surface area contributed by atoms with Gasteiger partial charge in [-0.2, -0.15) is 0 Å². The Morgan fingerprint density at radius 1 is 1.17 bits per heavy atom. The molecule has 0 radical (unpaired) electrons. The summed E-state index contributed by atoms with van der Waals surface area (Å²) in [6.45, 7) is 14.0. The summed E-state index contributed by atoms with van der Waals surface area (Å²) in [5, 5.41) is 21.8. The minimum absolute atomic E-state index is 0.0293. The number of aliphatic hydroxyl groups excluding tert-OH is 2. The Morgan fingerprint density at radius 2 is 1.86 bits per heavy atom. The predicted molar refractivity (Wildman–Crippen MR) is 144 cm³/mol. The number of nitrogens with zero attached hydrogens (tertiary/aromatic N) is 1. The summed E-state index contributed by atoms with van der Waals surface area (Å²) < 4.78 is 11.4. The maximum Gasteiger partial charge on any atom is 0.157 e. The third-order valence-corrected chi connectivity index (χ3v) is 7.45. The van der Waals surface area contributed by atoms with Crippen molar-refractivity contribution < 1.29 is 24.5 Å². The monoisotopic (exact) mass is 501 g/mol. The standard InChI is InChI=1S/C30H47NO5/c1-19-9-10-26(22(4)16-24-17-25(35-8)11-12-31-24)36-28(33)18-27(32)30(6,7)29(34)23(5)15-21(3)14-20(2)13-19/h9,11-12,16-17,20-21,23,26-28,32-33H,10,13-15,18H2,1-8H3/b19-9-,22-16+/t20?,21-,23+,26-,27-,28?/m0/s1. The van der Waals surface area contributed by atoms with E-state index in [1.807, 2.05) is 26.0 Å². The highest BCUT2D eigenvalue weighted by Crippen LogP contribution is 2.33. The quantitative estimate of drug-likeness (QED) is 0.496. The number of allylic oxidation sites excluding steroid dienone is 1. The summed E-state index contributed by atoms with van der Waals surface area (Å²) in [6.07, 6.45) is 6.54. The Morgan fingerprint density at radius 3 is 2.53 bits per heavy atom. The van der Waals surface area contributed by atoms with E-state index in [0.29, 0.717) is 24.0 Å². The second-order valence-corrected chi connectivity index (χ2v) is 11.5. The third-order valence-electron chi connectivity index (χ3n) is 7.45. The molecule has 0 saturated heterocycles. The molecule has 1 aromatic heterocycles. The number of rotatable bonds is 3. The number of aromatic nitrogens is 1. The van der Waals surface area contributed by atoms with Crippen LogP contribution in [0.3, 0.4) is 0 Å². The number of hydrogen-bond acceptors (Lipinski definition) is 6. The fourth-order valence-corrected chi connectivity index (χ4v) is 5.36. The molecule has 1 aliphatic rings. The summed E-state index contributed by atoms with van der Waals surface area (Å²) in [6, 6.07) is 3.64. The van der Waals surface area contributed by atoms with E-state index in [9.17, 15) is 15.0 Å². The summed E-state index contributed by atoms with van der Waals surface area (Å²) in [5.41, 5.74) is 1.94. The Labute approximate surface area is 217 Å². The molecule has 6 atom stereocenters. The van der Waals surface area contributed by atoms with Crippen LogP contribution in [0.25, 0.3) is 6.08 Å². The van der Waals surface area contributed by atoms with Crippen LogP contribution in [0, 0.1) is 23.2 Å². The molecule has 1 aliphatic heterocycles. The number of carbonyl (C=O) groups excluding carboxylic acids is 1. The van der Waals surface area contributed by atoms with E-state index < -0.39 is 23.9 Å². The summed E-state index contributed by atoms with van der Waals surface area (Å²) in [7, 11) is 1.62. The average Bonchev–Trinajstić information content (AvgIpc) is 2.80. The van der Waals surface area contributed by atoms with Gasteiger partial charge in [-0.3, -0.25) is 9.78 Å². The molecule has 0 amide bonds. The van der Waals surface area contributed by atoms with Crippen LogP contribution in [-0.4, -0.2) is 46.6 Å². The molecule has 0 fully saturated rings. The maximum absolute atomic E-state index is 13.3. The highest BCUT2D eigenvalue weighted by molar-refractivity contribution is 5.86. The van der Waals surface area contributed by atoms with Gasteiger partial charge in [0, 0.05) is 30.0 Å². The van der Waals surface area contributed by atoms with Gasteiger partial charge in [-0.25, -0.2) is 0 Å². The molecule has 0 aromatic carbocycles. The van der Waals surface area contributed by atoms with Crippen molar-refractivity contribution >= 4 is 11.9 Å². The van der Waals surface area contributed by atoms with E-state index in [1.165, 1.54) is 5.57 Å². The number of aliphatic hydroxyl groups is 2. The smallest absolute Gasteiger partial charge is 0.157 e. The molecule has 36 heavy (non-hydrogen) atoms. The molecule has 2 heterocycles. The Kier molecular flexibility index (Phi) is 11.3. The number of Topliss-reactive ketones (excluding diaryl/α,β-unsaturated/α-hetero) is 1. The molecule has 2 N–H and O–H groups in total. The van der Waals surface area contributed by atoms with Crippen LogP contribution in [0.1, 0.15) is 86.3 Å². The van der Waals surface area contributed by atoms with Gasteiger partial charge in [0.2, 0.25) is 0 Å². The molecule has 0 bridgehead atoms. The van der Waals surface area contributed by atoms with Crippen LogP contribution in [0.2, 0.25) is 0 Å². The van der Waals surface area contributed by atoms with Crippen molar-refractivity contribution in [3.8, 4) is 5.75 Å². The van der Waals surface area contributed by atoms with Crippen molar-refractivity contribution in [3.63, 3.8) is 0 Å². The van der Waals surface area contributed by atoms with Crippen molar-refractivity contribution in [1.82, 2.24) is 4.98 Å². The predicted octanol–water partition coefficient (Wildman–Crippen LogP) is 5.97. The van der Waals surface area contributed by atoms with Crippen LogP contribution in [0.15, 0.2) is 35.6 Å². The largest absolute Gasteiger partial charge is 0.497 e. The SMILES string of the molecule is COc1ccnc(/C=C(\C)[C@@H]2C/C=C(/C)CC(C)C[C@H](C)C[C@@H](C)C(=O)C(C)(C)[C@@H](O)CC(O)O2)c1. The van der Waals surface area contributed by atoms with Gasteiger partial charge in [0.15, 0.2) is 6.29 Å². The molecule has 6 nitrogen and oxygen atoms in total. The van der Waals surface area contributed by atoms with Crippen molar-refractivity contribution in [2.45, 2.75) is 99.1 Å². The zero-order chi connectivity index (χ0) is 27.0. The van der Waals surface area contributed by atoms with Gasteiger partial charge in [0.05, 0.1) is 25.0 Å². The number of ether oxygens (including phenoxy) is 2. The van der Waals surface area contributed by atoms with Crippen LogP contribution >= 0.6 is 0 Å². The Balaban J connectivity index is 2.36. The zero-order valence-corrected chi connectivity index (χ0v) is 23.5. The summed E-state index contributed by atoms with van der Waals surface area (Å²) in [5.74, 6) is 1.49. The second kappa shape index (κ2) is 13.5. The fraction of sp³-hybridized carbons (Fsp3) is 0.667. The minimum atomic E-state index is -1.21. The number of ketones is 1. The maximum atomic E-state index is 13.3. The van der Waals surface area contributed by atoms with Gasteiger partial charge in [-0.05, 0) is 69.1 Å². The molecule has 2 rings (SSSR count). The lowest BCUT2D eigenvalue weighted by Gasteiger charge is -2.34. The van der Waals surface area contributed by atoms with E-state index >= 15 is 0 Å². The lowest BCUT2D eigenvalue weighted by Crippen LogP contribution is -2.43. The van der Waals surface area contributed by atoms with Crippen LogP contribution in [-0.2, 0) is 9.53 Å². The van der Waals surface area contributed by atoms with Gasteiger partial charge in [-0.15, -0.1) is 0 Å². The molecular formula is C30H47NO5. The first-order valence-electron chi connectivity index (χ1n) is 13.2. The van der Waals surface area contributed by atoms with Gasteiger partial charge < -0.3 is 19.7 Å². The molecular weight excluding hydrogens is 454 g/mol.